The second-order valence-corrected chi connectivity index (χ2v) is 5.41. The van der Waals surface area contributed by atoms with Gasteiger partial charge in [0.15, 0.2) is 0 Å². The van der Waals surface area contributed by atoms with E-state index in [2.05, 4.69) is 0 Å². The smallest absolute Gasteiger partial charge is 0.403 e. The molecule has 0 atom stereocenters. The second kappa shape index (κ2) is 4.88. The third-order valence-electron chi connectivity index (χ3n) is 3.37. The van der Waals surface area contributed by atoms with Crippen LogP contribution in [0, 0.1) is 0 Å². The summed E-state index contributed by atoms with van der Waals surface area (Å²) in [5, 5.41) is 0. The summed E-state index contributed by atoms with van der Waals surface area (Å²) < 4.78 is 24.1. The predicted molar refractivity (Wildman–Crippen MR) is 65.0 cm³/mol. The Balaban J connectivity index is 2.34. The van der Waals surface area contributed by atoms with Crippen LogP contribution >= 0.6 is 0 Å². The van der Waals surface area contributed by atoms with Crippen LogP contribution in [0.25, 0.3) is 0 Å². The highest BCUT2D eigenvalue weighted by Crippen LogP contribution is 2.38. The summed E-state index contributed by atoms with van der Waals surface area (Å²) in [4.78, 5) is 0. The minimum Gasteiger partial charge on any atom is -0.403 e. The Morgan fingerprint density at radius 1 is 1.19 bits per heavy atom. The lowest BCUT2D eigenvalue weighted by atomic mass is 9.82. The summed E-state index contributed by atoms with van der Waals surface area (Å²) in [6, 6.07) is 0. The molecule has 0 aromatic rings. The van der Waals surface area contributed by atoms with Crippen LogP contribution in [0.1, 0.15) is 47.5 Å². The van der Waals surface area contributed by atoms with Gasteiger partial charge in [-0.15, -0.1) is 0 Å². The minimum absolute atomic E-state index is 0.117. The molecule has 1 aliphatic heterocycles. The average Bonchev–Trinajstić information content (AvgIpc) is 2.29. The van der Waals surface area contributed by atoms with Crippen molar-refractivity contribution in [2.24, 2.45) is 0 Å². The van der Waals surface area contributed by atoms with Gasteiger partial charge in [0.1, 0.15) is 0 Å². The van der Waals surface area contributed by atoms with E-state index in [1.54, 1.807) is 6.08 Å². The van der Waals surface area contributed by atoms with Gasteiger partial charge >= 0.3 is 7.12 Å². The van der Waals surface area contributed by atoms with Crippen molar-refractivity contribution in [2.75, 3.05) is 0 Å². The summed E-state index contributed by atoms with van der Waals surface area (Å²) in [5.41, 5.74) is -0.521. The van der Waals surface area contributed by atoms with Crippen molar-refractivity contribution in [3.63, 3.8) is 0 Å². The van der Waals surface area contributed by atoms with Gasteiger partial charge in [-0.1, -0.05) is 12.5 Å². The molecule has 1 saturated heterocycles. The summed E-state index contributed by atoms with van der Waals surface area (Å²) in [5.74, 6) is -0.117. The number of allylic oxidation sites excluding steroid dienone is 2. The number of halogens is 1. The topological polar surface area (TPSA) is 18.5 Å². The minimum atomic E-state index is -0.260. The summed E-state index contributed by atoms with van der Waals surface area (Å²) in [7, 11) is -0.154. The van der Waals surface area contributed by atoms with E-state index in [9.17, 15) is 4.39 Å². The summed E-state index contributed by atoms with van der Waals surface area (Å²) >= 11 is 0. The Morgan fingerprint density at radius 3 is 2.12 bits per heavy atom. The highest BCUT2D eigenvalue weighted by molar-refractivity contribution is 6.45. The Kier molecular flexibility index (Phi) is 4.19. The number of hydrogen-bond acceptors (Lipinski definition) is 2. The van der Waals surface area contributed by atoms with Crippen LogP contribution < -0.4 is 0 Å². The molecule has 0 unspecified atom stereocenters. The fourth-order valence-electron chi connectivity index (χ4n) is 1.67. The van der Waals surface area contributed by atoms with E-state index in [1.807, 2.05) is 27.7 Å². The fraction of sp³-hybridized carbons (Fsp3) is 0.833. The van der Waals surface area contributed by atoms with Crippen molar-refractivity contribution < 1.29 is 13.7 Å². The molecule has 16 heavy (non-hydrogen) atoms. The van der Waals surface area contributed by atoms with E-state index in [0.29, 0.717) is 0 Å². The van der Waals surface area contributed by atoms with Crippen LogP contribution in [0.15, 0.2) is 11.9 Å². The fourth-order valence-corrected chi connectivity index (χ4v) is 1.67. The molecule has 0 aromatic heterocycles. The maximum Gasteiger partial charge on any atom is 0.457 e. The number of rotatable bonds is 4. The first-order valence-corrected chi connectivity index (χ1v) is 5.92. The molecule has 1 rings (SSSR count). The van der Waals surface area contributed by atoms with Gasteiger partial charge in [0.25, 0.3) is 0 Å². The molecule has 0 amide bonds. The zero-order valence-corrected chi connectivity index (χ0v) is 11.0. The van der Waals surface area contributed by atoms with Crippen LogP contribution in [0.3, 0.4) is 0 Å². The van der Waals surface area contributed by atoms with Gasteiger partial charge in [-0.3, -0.25) is 0 Å². The first-order valence-electron chi connectivity index (χ1n) is 5.92. The van der Waals surface area contributed by atoms with Gasteiger partial charge in [-0.2, -0.15) is 0 Å². The van der Waals surface area contributed by atoms with Crippen LogP contribution in [0.5, 0.6) is 0 Å². The molecular weight excluding hydrogens is 206 g/mol. The Morgan fingerprint density at radius 2 is 1.69 bits per heavy atom. The molecule has 0 spiro atoms. The molecule has 0 radical (unpaired) electrons. The van der Waals surface area contributed by atoms with Crippen molar-refractivity contribution in [3.05, 3.63) is 11.9 Å². The van der Waals surface area contributed by atoms with E-state index in [4.69, 9.17) is 9.31 Å². The number of hydrogen-bond donors (Lipinski definition) is 0. The monoisotopic (exact) mass is 228 g/mol. The normalized spacial score (nSPS) is 23.9. The molecule has 0 aromatic carbocycles. The van der Waals surface area contributed by atoms with E-state index >= 15 is 0 Å². The lowest BCUT2D eigenvalue weighted by Gasteiger charge is -2.32. The van der Waals surface area contributed by atoms with Gasteiger partial charge in [0, 0.05) is 0 Å². The third kappa shape index (κ3) is 3.32. The molecule has 0 bridgehead atoms. The van der Waals surface area contributed by atoms with Crippen molar-refractivity contribution >= 4 is 7.12 Å². The van der Waals surface area contributed by atoms with Crippen molar-refractivity contribution in [1.82, 2.24) is 0 Å². The molecule has 1 aliphatic rings. The van der Waals surface area contributed by atoms with Crippen LogP contribution in [0.4, 0.5) is 4.39 Å². The SMILES string of the molecule is C/C(F)=C\CCCB1OC(C)(C)C(C)(C)O1. The quantitative estimate of drug-likeness (QED) is 0.539. The maximum absolute atomic E-state index is 12.4. The van der Waals surface area contributed by atoms with Crippen LogP contribution in [-0.2, 0) is 9.31 Å². The Bertz CT molecular complexity index is 254. The van der Waals surface area contributed by atoms with Crippen molar-refractivity contribution in [3.8, 4) is 0 Å². The Labute approximate surface area is 98.3 Å². The molecule has 1 heterocycles. The lowest BCUT2D eigenvalue weighted by molar-refractivity contribution is 0.00578. The second-order valence-electron chi connectivity index (χ2n) is 5.41. The lowest BCUT2D eigenvalue weighted by Crippen LogP contribution is -2.41. The van der Waals surface area contributed by atoms with E-state index < -0.39 is 0 Å². The van der Waals surface area contributed by atoms with E-state index in [1.165, 1.54) is 6.92 Å². The van der Waals surface area contributed by atoms with Gasteiger partial charge in [0.05, 0.1) is 17.0 Å². The van der Waals surface area contributed by atoms with Gasteiger partial charge in [-0.05, 0) is 47.4 Å². The molecule has 0 aliphatic carbocycles. The standard InChI is InChI=1S/C12H22BFO2/c1-10(14)8-6-7-9-13-15-11(2,3)12(4,5)16-13/h8H,6-7,9H2,1-5H3/b10-8+. The maximum atomic E-state index is 12.4. The molecule has 4 heteroatoms. The van der Waals surface area contributed by atoms with Crippen molar-refractivity contribution in [1.29, 1.82) is 0 Å². The Hall–Kier alpha value is -0.345. The van der Waals surface area contributed by atoms with E-state index in [-0.39, 0.29) is 24.1 Å². The highest BCUT2D eigenvalue weighted by Gasteiger charge is 2.50. The zero-order chi connectivity index (χ0) is 12.4. The first kappa shape index (κ1) is 13.7. The van der Waals surface area contributed by atoms with Crippen LogP contribution in [0.2, 0.25) is 6.32 Å². The van der Waals surface area contributed by atoms with Gasteiger partial charge in [-0.25, -0.2) is 4.39 Å². The molecule has 92 valence electrons. The van der Waals surface area contributed by atoms with Gasteiger partial charge < -0.3 is 9.31 Å². The van der Waals surface area contributed by atoms with Crippen molar-refractivity contribution in [2.45, 2.75) is 65.0 Å². The largest absolute Gasteiger partial charge is 0.457 e. The molecule has 0 N–H and O–H groups in total. The zero-order valence-electron chi connectivity index (χ0n) is 11.0. The first-order chi connectivity index (χ1) is 7.24. The summed E-state index contributed by atoms with van der Waals surface area (Å²) in [6.07, 6.45) is 4.05. The van der Waals surface area contributed by atoms with E-state index in [0.717, 1.165) is 19.2 Å². The number of unbranched alkanes of at least 4 members (excludes halogenated alkanes) is 1. The predicted octanol–water partition coefficient (Wildman–Crippen LogP) is 3.73. The highest BCUT2D eigenvalue weighted by atomic mass is 19.1. The molecule has 1 fully saturated rings. The third-order valence-corrected chi connectivity index (χ3v) is 3.37. The average molecular weight is 228 g/mol. The van der Waals surface area contributed by atoms with Gasteiger partial charge in [0.2, 0.25) is 0 Å². The molecule has 2 nitrogen and oxygen atoms in total. The molecule has 0 saturated carbocycles. The molecular formula is C12H22BFO2. The van der Waals surface area contributed by atoms with Crippen LogP contribution in [-0.4, -0.2) is 18.3 Å². The summed E-state index contributed by atoms with van der Waals surface area (Å²) in [6.45, 7) is 9.63.